The summed E-state index contributed by atoms with van der Waals surface area (Å²) >= 11 is 1.60. The van der Waals surface area contributed by atoms with Crippen molar-refractivity contribution in [2.75, 3.05) is 7.11 Å². The second-order valence-corrected chi connectivity index (χ2v) is 5.48. The molecule has 1 heterocycles. The van der Waals surface area contributed by atoms with Gasteiger partial charge in [0.05, 0.1) is 7.11 Å². The average molecular weight is 282 g/mol. The number of ether oxygens (including phenoxy) is 1. The lowest BCUT2D eigenvalue weighted by Crippen LogP contribution is -1.82. The number of benzene rings is 2. The summed E-state index contributed by atoms with van der Waals surface area (Å²) in [5.74, 6) is 0.844. The normalized spacial score (nSPS) is 10.5. The first-order valence-corrected chi connectivity index (χ1v) is 7.13. The summed E-state index contributed by atoms with van der Waals surface area (Å²) < 4.78 is 5.16. The molecule has 100 valence electrons. The van der Waals surface area contributed by atoms with Gasteiger partial charge in [0.15, 0.2) is 0 Å². The van der Waals surface area contributed by atoms with E-state index in [-0.39, 0.29) is 0 Å². The fourth-order valence-electron chi connectivity index (χ4n) is 1.89. The minimum atomic E-state index is 0.844. The molecule has 0 fully saturated rings. The van der Waals surface area contributed by atoms with Crippen molar-refractivity contribution in [3.63, 3.8) is 0 Å². The van der Waals surface area contributed by atoms with Gasteiger partial charge in [-0.05, 0) is 31.2 Å². The van der Waals surface area contributed by atoms with Crippen molar-refractivity contribution in [1.82, 2.24) is 10.2 Å². The van der Waals surface area contributed by atoms with E-state index in [0.29, 0.717) is 0 Å². The Morgan fingerprint density at radius 2 is 1.30 bits per heavy atom. The second-order valence-electron chi connectivity index (χ2n) is 4.51. The number of methoxy groups -OCH3 is 1. The van der Waals surface area contributed by atoms with Crippen LogP contribution in [0.5, 0.6) is 5.75 Å². The topological polar surface area (TPSA) is 35.0 Å². The van der Waals surface area contributed by atoms with Gasteiger partial charge in [0.25, 0.3) is 0 Å². The molecule has 0 amide bonds. The molecule has 0 aliphatic heterocycles. The zero-order valence-electron chi connectivity index (χ0n) is 11.3. The molecular weight excluding hydrogens is 268 g/mol. The van der Waals surface area contributed by atoms with Gasteiger partial charge in [0.2, 0.25) is 0 Å². The number of rotatable bonds is 3. The van der Waals surface area contributed by atoms with E-state index in [9.17, 15) is 0 Å². The van der Waals surface area contributed by atoms with Crippen molar-refractivity contribution in [3.8, 4) is 26.9 Å². The van der Waals surface area contributed by atoms with Gasteiger partial charge in [0, 0.05) is 11.1 Å². The van der Waals surface area contributed by atoms with Crippen LogP contribution in [0.3, 0.4) is 0 Å². The van der Waals surface area contributed by atoms with Crippen LogP contribution in [-0.4, -0.2) is 17.3 Å². The molecule has 0 bridgehead atoms. The zero-order valence-corrected chi connectivity index (χ0v) is 12.1. The number of aromatic nitrogens is 2. The van der Waals surface area contributed by atoms with Crippen molar-refractivity contribution in [1.29, 1.82) is 0 Å². The number of aryl methyl sites for hydroxylation is 1. The molecule has 0 aliphatic rings. The predicted octanol–water partition coefficient (Wildman–Crippen LogP) is 4.19. The summed E-state index contributed by atoms with van der Waals surface area (Å²) in [5, 5.41) is 10.4. The quantitative estimate of drug-likeness (QED) is 0.722. The Balaban J connectivity index is 1.91. The molecule has 0 aliphatic carbocycles. The highest BCUT2D eigenvalue weighted by Gasteiger charge is 2.08. The maximum Gasteiger partial charge on any atom is 0.148 e. The molecule has 0 saturated heterocycles. The number of nitrogens with zero attached hydrogens (tertiary/aromatic N) is 2. The van der Waals surface area contributed by atoms with Gasteiger partial charge in [-0.15, -0.1) is 10.2 Å². The first kappa shape index (κ1) is 12.8. The Morgan fingerprint density at radius 3 is 1.80 bits per heavy atom. The van der Waals surface area contributed by atoms with Gasteiger partial charge in [-0.3, -0.25) is 0 Å². The van der Waals surface area contributed by atoms with E-state index >= 15 is 0 Å². The van der Waals surface area contributed by atoms with E-state index in [0.717, 1.165) is 26.9 Å². The second kappa shape index (κ2) is 5.43. The van der Waals surface area contributed by atoms with Crippen LogP contribution >= 0.6 is 11.3 Å². The van der Waals surface area contributed by atoms with E-state index in [1.807, 2.05) is 24.3 Å². The Kier molecular flexibility index (Phi) is 3.48. The third-order valence-corrected chi connectivity index (χ3v) is 4.08. The molecule has 4 heteroatoms. The molecular formula is C16H14N2OS. The van der Waals surface area contributed by atoms with Crippen LogP contribution in [0.1, 0.15) is 5.56 Å². The molecule has 3 rings (SSSR count). The molecule has 2 aromatic carbocycles. The third-order valence-electron chi connectivity index (χ3n) is 3.06. The van der Waals surface area contributed by atoms with Gasteiger partial charge in [-0.2, -0.15) is 0 Å². The van der Waals surface area contributed by atoms with Gasteiger partial charge in [0.1, 0.15) is 15.8 Å². The molecule has 0 spiro atoms. The maximum absolute atomic E-state index is 5.16. The predicted molar refractivity (Wildman–Crippen MR) is 82.1 cm³/mol. The lowest BCUT2D eigenvalue weighted by atomic mass is 10.2. The summed E-state index contributed by atoms with van der Waals surface area (Å²) in [6.07, 6.45) is 0. The number of hydrogen-bond acceptors (Lipinski definition) is 4. The van der Waals surface area contributed by atoms with Gasteiger partial charge in [-0.25, -0.2) is 0 Å². The van der Waals surface area contributed by atoms with Crippen molar-refractivity contribution in [2.24, 2.45) is 0 Å². The van der Waals surface area contributed by atoms with Crippen LogP contribution in [0.15, 0.2) is 48.5 Å². The standard InChI is InChI=1S/C16H14N2OS/c1-11-3-5-12(6-4-11)15-17-18-16(20-15)13-7-9-14(19-2)10-8-13/h3-10H,1-2H3. The highest BCUT2D eigenvalue weighted by Crippen LogP contribution is 2.30. The molecule has 0 atom stereocenters. The molecule has 0 radical (unpaired) electrons. The highest BCUT2D eigenvalue weighted by molar-refractivity contribution is 7.17. The van der Waals surface area contributed by atoms with Crippen molar-refractivity contribution in [2.45, 2.75) is 6.92 Å². The molecule has 3 aromatic rings. The van der Waals surface area contributed by atoms with Gasteiger partial charge in [-0.1, -0.05) is 41.2 Å². The number of hydrogen-bond donors (Lipinski definition) is 0. The summed E-state index contributed by atoms with van der Waals surface area (Å²) in [4.78, 5) is 0. The van der Waals surface area contributed by atoms with Crippen LogP contribution in [0.2, 0.25) is 0 Å². The zero-order chi connectivity index (χ0) is 13.9. The molecule has 20 heavy (non-hydrogen) atoms. The van der Waals surface area contributed by atoms with Crippen LogP contribution in [0.25, 0.3) is 21.1 Å². The summed E-state index contributed by atoms with van der Waals surface area (Å²) in [6, 6.07) is 16.2. The van der Waals surface area contributed by atoms with Gasteiger partial charge < -0.3 is 4.74 Å². The largest absolute Gasteiger partial charge is 0.497 e. The van der Waals surface area contributed by atoms with Crippen molar-refractivity contribution < 1.29 is 4.74 Å². The monoisotopic (exact) mass is 282 g/mol. The Morgan fingerprint density at radius 1 is 0.800 bits per heavy atom. The van der Waals surface area contributed by atoms with Crippen LogP contribution in [0.4, 0.5) is 0 Å². The SMILES string of the molecule is COc1ccc(-c2nnc(-c3ccc(C)cc3)s2)cc1. The van der Waals surface area contributed by atoms with Crippen LogP contribution in [-0.2, 0) is 0 Å². The van der Waals surface area contributed by atoms with Crippen molar-refractivity contribution in [3.05, 3.63) is 54.1 Å². The van der Waals surface area contributed by atoms with E-state index < -0.39 is 0 Å². The fourth-order valence-corrected chi connectivity index (χ4v) is 2.74. The van der Waals surface area contributed by atoms with E-state index in [1.54, 1.807) is 18.4 Å². The third kappa shape index (κ3) is 2.56. The lowest BCUT2D eigenvalue weighted by molar-refractivity contribution is 0.415. The van der Waals surface area contributed by atoms with Crippen LogP contribution in [0, 0.1) is 6.92 Å². The molecule has 0 unspecified atom stereocenters. The Hall–Kier alpha value is -2.20. The minimum absolute atomic E-state index is 0.844. The molecule has 0 N–H and O–H groups in total. The van der Waals surface area contributed by atoms with E-state index in [1.165, 1.54) is 5.56 Å². The highest BCUT2D eigenvalue weighted by atomic mass is 32.1. The fraction of sp³-hybridized carbons (Fsp3) is 0.125. The lowest BCUT2D eigenvalue weighted by Gasteiger charge is -1.99. The van der Waals surface area contributed by atoms with Gasteiger partial charge >= 0.3 is 0 Å². The average Bonchev–Trinajstić information content (AvgIpc) is 2.98. The Bertz CT molecular complexity index is 702. The van der Waals surface area contributed by atoms with Crippen molar-refractivity contribution >= 4 is 11.3 Å². The maximum atomic E-state index is 5.16. The Labute approximate surface area is 121 Å². The van der Waals surface area contributed by atoms with E-state index in [2.05, 4.69) is 41.4 Å². The summed E-state index contributed by atoms with van der Waals surface area (Å²) in [5.41, 5.74) is 3.41. The smallest absolute Gasteiger partial charge is 0.148 e. The molecule has 3 nitrogen and oxygen atoms in total. The molecule has 0 saturated carbocycles. The first-order chi connectivity index (χ1) is 9.76. The van der Waals surface area contributed by atoms with Crippen LogP contribution < -0.4 is 4.74 Å². The minimum Gasteiger partial charge on any atom is -0.497 e. The summed E-state index contributed by atoms with van der Waals surface area (Å²) in [7, 11) is 1.66. The first-order valence-electron chi connectivity index (χ1n) is 6.31. The van der Waals surface area contributed by atoms with E-state index in [4.69, 9.17) is 4.74 Å². The summed E-state index contributed by atoms with van der Waals surface area (Å²) in [6.45, 7) is 2.08. The molecule has 1 aromatic heterocycles.